The smallest absolute Gasteiger partial charge is 0.248 e. The van der Waals surface area contributed by atoms with Gasteiger partial charge in [0, 0.05) is 19.5 Å². The summed E-state index contributed by atoms with van der Waals surface area (Å²) in [6.07, 6.45) is 0. The molecule has 0 atom stereocenters. The Kier molecular flexibility index (Phi) is 2.42. The maximum Gasteiger partial charge on any atom is 0.248 e. The van der Waals surface area contributed by atoms with E-state index in [1.807, 2.05) is 18.2 Å². The van der Waals surface area contributed by atoms with E-state index in [-0.39, 0.29) is 5.56 Å². The van der Waals surface area contributed by atoms with Crippen molar-refractivity contribution in [3.05, 3.63) is 42.7 Å². The van der Waals surface area contributed by atoms with Crippen LogP contribution in [0.3, 0.4) is 0 Å². The van der Waals surface area contributed by atoms with Gasteiger partial charge in [0.15, 0.2) is 0 Å². The van der Waals surface area contributed by atoms with Crippen molar-refractivity contribution in [2.24, 2.45) is 0 Å². The molecule has 1 aromatic carbocycles. The first-order valence-electron chi connectivity index (χ1n) is 3.65. The molecule has 0 unspecified atom stereocenters. The molecule has 0 saturated carbocycles. The van der Waals surface area contributed by atoms with E-state index in [0.717, 1.165) is 18.9 Å². The van der Waals surface area contributed by atoms with Gasteiger partial charge in [-0.25, -0.2) is 0 Å². The average molecular weight is 350 g/mol. The van der Waals surface area contributed by atoms with E-state index in [0.29, 0.717) is 0 Å². The monoisotopic (exact) mass is 349 g/mol. The van der Waals surface area contributed by atoms with Gasteiger partial charge in [0.05, 0.1) is 5.52 Å². The van der Waals surface area contributed by atoms with E-state index in [4.69, 9.17) is 0 Å². The molecular weight excluding hydrogens is 345 g/mol. The number of nitrogens with one attached hydrogen (secondary N) is 1. The second-order valence-electron chi connectivity index (χ2n) is 2.67. The number of aromatic amines is 1. The van der Waals surface area contributed by atoms with Crippen LogP contribution < -0.4 is 5.56 Å². The van der Waals surface area contributed by atoms with Crippen LogP contribution in [0.2, 0.25) is 0 Å². The molecule has 1 N–H and O–H groups in total. The van der Waals surface area contributed by atoms with E-state index in [9.17, 15) is 4.79 Å². The molecule has 0 saturated heterocycles. The van der Waals surface area contributed by atoms with Crippen molar-refractivity contribution in [1.82, 2.24) is 4.98 Å². The molecule has 4 heteroatoms. The summed E-state index contributed by atoms with van der Waals surface area (Å²) in [4.78, 5) is 13.8. The van der Waals surface area contributed by atoms with Crippen molar-refractivity contribution in [3.63, 3.8) is 0 Å². The predicted molar refractivity (Wildman–Crippen MR) is 65.0 cm³/mol. The maximum atomic E-state index is 11.0. The molecule has 1 aromatic heterocycles. The van der Waals surface area contributed by atoms with E-state index in [1.54, 1.807) is 0 Å². The van der Waals surface area contributed by atoms with Crippen LogP contribution >= 0.6 is 38.5 Å². The highest BCUT2D eigenvalue weighted by molar-refractivity contribution is 14.1. The molecule has 0 aliphatic heterocycles. The SMILES string of the molecule is O=c1ccc2c(Br)cc(I)cc2[nH]1. The van der Waals surface area contributed by atoms with Gasteiger partial charge in [-0.15, -0.1) is 0 Å². The summed E-state index contributed by atoms with van der Waals surface area (Å²) < 4.78 is 2.10. The molecule has 1 heterocycles. The standard InChI is InChI=1S/C9H5BrINO/c10-7-3-5(11)4-8-6(7)1-2-9(13)12-8/h1-4H,(H,12,13). The van der Waals surface area contributed by atoms with E-state index >= 15 is 0 Å². The summed E-state index contributed by atoms with van der Waals surface area (Å²) in [6, 6.07) is 7.30. The predicted octanol–water partition coefficient (Wildman–Crippen LogP) is 2.90. The Bertz CT molecular complexity index is 520. The van der Waals surface area contributed by atoms with Crippen molar-refractivity contribution in [2.45, 2.75) is 0 Å². The third-order valence-electron chi connectivity index (χ3n) is 1.75. The molecule has 0 aliphatic rings. The van der Waals surface area contributed by atoms with Crippen LogP contribution in [0.1, 0.15) is 0 Å². The molecule has 13 heavy (non-hydrogen) atoms. The molecule has 0 aliphatic carbocycles. The minimum Gasteiger partial charge on any atom is -0.322 e. The van der Waals surface area contributed by atoms with Gasteiger partial charge in [0.25, 0.3) is 0 Å². The number of hydrogen-bond donors (Lipinski definition) is 1. The first-order valence-corrected chi connectivity index (χ1v) is 5.52. The number of H-pyrrole nitrogens is 1. The van der Waals surface area contributed by atoms with Gasteiger partial charge in [0.2, 0.25) is 5.56 Å². The van der Waals surface area contributed by atoms with E-state index < -0.39 is 0 Å². The fourth-order valence-corrected chi connectivity index (χ4v) is 2.83. The summed E-state index contributed by atoms with van der Waals surface area (Å²) in [5.41, 5.74) is 0.799. The number of benzene rings is 1. The molecule has 0 amide bonds. The van der Waals surface area contributed by atoms with Crippen LogP contribution in [0, 0.1) is 3.57 Å². The molecule has 0 fully saturated rings. The number of pyridine rings is 1. The molecule has 66 valence electrons. The topological polar surface area (TPSA) is 32.9 Å². The zero-order valence-corrected chi connectivity index (χ0v) is 10.2. The van der Waals surface area contributed by atoms with Gasteiger partial charge in [-0.3, -0.25) is 4.79 Å². The highest BCUT2D eigenvalue weighted by Crippen LogP contribution is 2.24. The van der Waals surface area contributed by atoms with Crippen LogP contribution in [-0.2, 0) is 0 Å². The van der Waals surface area contributed by atoms with E-state index in [1.165, 1.54) is 6.07 Å². The molecular formula is C9H5BrINO. The minimum atomic E-state index is -0.0681. The van der Waals surface area contributed by atoms with Crippen LogP contribution in [-0.4, -0.2) is 4.98 Å². The van der Waals surface area contributed by atoms with Crippen molar-refractivity contribution in [2.75, 3.05) is 0 Å². The van der Waals surface area contributed by atoms with Crippen molar-refractivity contribution >= 4 is 49.4 Å². The molecule has 0 spiro atoms. The Morgan fingerprint density at radius 3 is 2.85 bits per heavy atom. The number of hydrogen-bond acceptors (Lipinski definition) is 1. The third-order valence-corrected chi connectivity index (χ3v) is 3.03. The lowest BCUT2D eigenvalue weighted by molar-refractivity contribution is 1.30. The van der Waals surface area contributed by atoms with Crippen LogP contribution in [0.15, 0.2) is 33.5 Å². The summed E-state index contributed by atoms with van der Waals surface area (Å²) in [7, 11) is 0. The van der Waals surface area contributed by atoms with Gasteiger partial charge in [-0.1, -0.05) is 15.9 Å². The Morgan fingerprint density at radius 1 is 1.31 bits per heavy atom. The molecule has 0 bridgehead atoms. The van der Waals surface area contributed by atoms with E-state index in [2.05, 4.69) is 43.5 Å². The lowest BCUT2D eigenvalue weighted by Crippen LogP contribution is -2.02. The molecule has 2 rings (SSSR count). The maximum absolute atomic E-state index is 11.0. The first kappa shape index (κ1) is 9.21. The number of fused-ring (bicyclic) bond motifs is 1. The molecule has 0 radical (unpaired) electrons. The van der Waals surface area contributed by atoms with Gasteiger partial charge < -0.3 is 4.98 Å². The van der Waals surface area contributed by atoms with Gasteiger partial charge >= 0.3 is 0 Å². The van der Waals surface area contributed by atoms with Gasteiger partial charge in [-0.2, -0.15) is 0 Å². The summed E-state index contributed by atoms with van der Waals surface area (Å²) in [6.45, 7) is 0. The van der Waals surface area contributed by atoms with Gasteiger partial charge in [0.1, 0.15) is 0 Å². The zero-order chi connectivity index (χ0) is 9.42. The van der Waals surface area contributed by atoms with Crippen LogP contribution in [0.25, 0.3) is 10.9 Å². The first-order chi connectivity index (χ1) is 6.16. The average Bonchev–Trinajstić information content (AvgIpc) is 2.02. The second-order valence-corrected chi connectivity index (χ2v) is 4.77. The zero-order valence-electron chi connectivity index (χ0n) is 6.47. The summed E-state index contributed by atoms with van der Waals surface area (Å²) in [5.74, 6) is 0. The third kappa shape index (κ3) is 1.78. The lowest BCUT2D eigenvalue weighted by atomic mass is 10.2. The van der Waals surface area contributed by atoms with Crippen LogP contribution in [0.4, 0.5) is 0 Å². The fraction of sp³-hybridized carbons (Fsp3) is 0. The Hall–Kier alpha value is -0.360. The second kappa shape index (κ2) is 3.42. The van der Waals surface area contributed by atoms with Crippen molar-refractivity contribution in [3.8, 4) is 0 Å². The Morgan fingerprint density at radius 2 is 2.08 bits per heavy atom. The Balaban J connectivity index is 2.94. The summed E-state index contributed by atoms with van der Waals surface area (Å²) in [5, 5.41) is 1.03. The fourth-order valence-electron chi connectivity index (χ4n) is 1.19. The number of aromatic nitrogens is 1. The number of rotatable bonds is 0. The minimum absolute atomic E-state index is 0.0681. The van der Waals surface area contributed by atoms with Gasteiger partial charge in [-0.05, 0) is 40.8 Å². The summed E-state index contributed by atoms with van der Waals surface area (Å²) >= 11 is 5.66. The van der Waals surface area contributed by atoms with Crippen molar-refractivity contribution in [1.29, 1.82) is 0 Å². The number of halogens is 2. The highest BCUT2D eigenvalue weighted by atomic mass is 127. The lowest BCUT2D eigenvalue weighted by Gasteiger charge is -2.00. The van der Waals surface area contributed by atoms with Crippen LogP contribution in [0.5, 0.6) is 0 Å². The largest absolute Gasteiger partial charge is 0.322 e. The molecule has 2 nitrogen and oxygen atoms in total. The Labute approximate surface area is 96.6 Å². The van der Waals surface area contributed by atoms with Crippen molar-refractivity contribution < 1.29 is 0 Å². The highest BCUT2D eigenvalue weighted by Gasteiger charge is 2.00. The quantitative estimate of drug-likeness (QED) is 0.729. The molecule has 2 aromatic rings. The normalized spacial score (nSPS) is 10.6.